The second-order valence-electron chi connectivity index (χ2n) is 7.38. The van der Waals surface area contributed by atoms with Crippen LogP contribution in [-0.2, 0) is 4.79 Å². The third-order valence-electron chi connectivity index (χ3n) is 6.36. The van der Waals surface area contributed by atoms with Crippen molar-refractivity contribution in [3.63, 3.8) is 0 Å². The second kappa shape index (κ2) is 3.11. The molecule has 0 aliphatic heterocycles. The molecule has 0 unspecified atom stereocenters. The van der Waals surface area contributed by atoms with E-state index in [1.165, 1.54) is 38.4 Å². The van der Waals surface area contributed by atoms with Gasteiger partial charge in [0.1, 0.15) is 6.29 Å². The Morgan fingerprint density at radius 3 is 2.56 bits per heavy atom. The summed E-state index contributed by atoms with van der Waals surface area (Å²) in [6.45, 7) is 7.30. The highest BCUT2D eigenvalue weighted by Gasteiger charge is 2.64. The molecule has 5 atom stereocenters. The van der Waals surface area contributed by atoms with Crippen molar-refractivity contribution in [2.75, 3.05) is 0 Å². The Kier molecular flexibility index (Phi) is 2.10. The molecule has 3 aliphatic rings. The Morgan fingerprint density at radius 1 is 1.12 bits per heavy atom. The molecule has 3 rings (SSSR count). The first-order valence-electron chi connectivity index (χ1n) is 6.96. The molecular weight excluding hydrogens is 196 g/mol. The van der Waals surface area contributed by atoms with Gasteiger partial charge in [0.05, 0.1) is 0 Å². The molecule has 0 N–H and O–H groups in total. The fraction of sp³-hybridized carbons (Fsp3) is 0.933. The second-order valence-corrected chi connectivity index (χ2v) is 7.38. The molecule has 3 aliphatic carbocycles. The predicted molar refractivity (Wildman–Crippen MR) is 65.0 cm³/mol. The highest BCUT2D eigenvalue weighted by molar-refractivity contribution is 5.58. The summed E-state index contributed by atoms with van der Waals surface area (Å²) < 4.78 is 0. The molecule has 16 heavy (non-hydrogen) atoms. The summed E-state index contributed by atoms with van der Waals surface area (Å²) in [5.74, 6) is 2.75. The highest BCUT2D eigenvalue weighted by Crippen LogP contribution is 2.70. The molecule has 0 aromatic carbocycles. The van der Waals surface area contributed by atoms with Crippen LogP contribution < -0.4 is 0 Å². The summed E-state index contributed by atoms with van der Waals surface area (Å²) >= 11 is 0. The van der Waals surface area contributed by atoms with E-state index in [9.17, 15) is 4.79 Å². The van der Waals surface area contributed by atoms with Gasteiger partial charge < -0.3 is 4.79 Å². The first-order chi connectivity index (χ1) is 7.50. The van der Waals surface area contributed by atoms with Crippen LogP contribution in [-0.4, -0.2) is 6.29 Å². The van der Waals surface area contributed by atoms with Gasteiger partial charge in [-0.15, -0.1) is 0 Å². The van der Waals surface area contributed by atoms with Crippen LogP contribution in [0.5, 0.6) is 0 Å². The minimum atomic E-state index is 0.350. The van der Waals surface area contributed by atoms with Crippen molar-refractivity contribution in [2.45, 2.75) is 52.9 Å². The zero-order valence-corrected chi connectivity index (χ0v) is 10.8. The number of aldehydes is 1. The van der Waals surface area contributed by atoms with E-state index >= 15 is 0 Å². The first-order valence-corrected chi connectivity index (χ1v) is 6.96. The molecule has 1 nitrogen and oxygen atoms in total. The smallest absolute Gasteiger partial charge is 0.123 e. The molecule has 0 heterocycles. The average Bonchev–Trinajstić information content (AvgIpc) is 2.68. The van der Waals surface area contributed by atoms with E-state index < -0.39 is 0 Å². The van der Waals surface area contributed by atoms with E-state index in [-0.39, 0.29) is 0 Å². The van der Waals surface area contributed by atoms with E-state index in [1.807, 2.05) is 0 Å². The normalized spacial score (nSPS) is 53.7. The van der Waals surface area contributed by atoms with Crippen LogP contribution in [0.15, 0.2) is 0 Å². The maximum absolute atomic E-state index is 11.5. The molecule has 0 radical (unpaired) electrons. The Hall–Kier alpha value is -0.330. The minimum Gasteiger partial charge on any atom is -0.303 e. The standard InChI is InChI=1S/C15H24O/c1-14(2)7-4-8-15(3)11-6-5-10(13(11)14)12(15)9-16/h9-13H,4-8H2,1-3H3/t10-,11-,12-,13+,15+/m1/s1. The van der Waals surface area contributed by atoms with E-state index in [4.69, 9.17) is 0 Å². The summed E-state index contributed by atoms with van der Waals surface area (Å²) in [6, 6.07) is 0. The lowest BCUT2D eigenvalue weighted by Gasteiger charge is -2.38. The Morgan fingerprint density at radius 2 is 1.88 bits per heavy atom. The average molecular weight is 220 g/mol. The van der Waals surface area contributed by atoms with Crippen molar-refractivity contribution in [3.05, 3.63) is 0 Å². The van der Waals surface area contributed by atoms with E-state index in [1.54, 1.807) is 0 Å². The van der Waals surface area contributed by atoms with Crippen molar-refractivity contribution in [1.29, 1.82) is 0 Å². The minimum absolute atomic E-state index is 0.350. The van der Waals surface area contributed by atoms with Gasteiger partial charge in [0, 0.05) is 5.92 Å². The summed E-state index contributed by atoms with van der Waals surface area (Å²) in [6.07, 6.45) is 7.99. The SMILES string of the molecule is CC1(C)CCC[C@]2(C)[C@H](C=O)[C@H]3CC[C@@H]2[C@H]31. The third kappa shape index (κ3) is 1.10. The zero-order valence-electron chi connectivity index (χ0n) is 10.8. The van der Waals surface area contributed by atoms with Gasteiger partial charge in [-0.25, -0.2) is 0 Å². The maximum Gasteiger partial charge on any atom is 0.123 e. The van der Waals surface area contributed by atoms with Crippen LogP contribution in [0.3, 0.4) is 0 Å². The fourth-order valence-electron chi connectivity index (χ4n) is 5.73. The molecule has 0 saturated heterocycles. The molecule has 4 bridgehead atoms. The van der Waals surface area contributed by atoms with Crippen LogP contribution in [0.2, 0.25) is 0 Å². The molecule has 0 aromatic rings. The molecule has 0 amide bonds. The van der Waals surface area contributed by atoms with Crippen molar-refractivity contribution >= 4 is 6.29 Å². The molecule has 0 spiro atoms. The van der Waals surface area contributed by atoms with E-state index in [0.717, 1.165) is 11.8 Å². The first kappa shape index (κ1) is 10.8. The van der Waals surface area contributed by atoms with Gasteiger partial charge in [-0.05, 0) is 54.3 Å². The summed E-state index contributed by atoms with van der Waals surface area (Å²) in [4.78, 5) is 11.5. The molecule has 3 saturated carbocycles. The summed E-state index contributed by atoms with van der Waals surface area (Å²) in [7, 11) is 0. The third-order valence-corrected chi connectivity index (χ3v) is 6.36. The number of carbonyl (C=O) groups excluding carboxylic acids is 1. The lowest BCUT2D eigenvalue weighted by molar-refractivity contribution is -0.117. The summed E-state index contributed by atoms with van der Waals surface area (Å²) in [5, 5.41) is 0. The quantitative estimate of drug-likeness (QED) is 0.616. The number of carbonyl (C=O) groups is 1. The zero-order chi connectivity index (χ0) is 11.6. The number of hydrogen-bond acceptors (Lipinski definition) is 1. The van der Waals surface area contributed by atoms with Crippen molar-refractivity contribution in [3.8, 4) is 0 Å². The van der Waals surface area contributed by atoms with Crippen LogP contribution in [0, 0.1) is 34.5 Å². The van der Waals surface area contributed by atoms with Crippen LogP contribution >= 0.6 is 0 Å². The highest BCUT2D eigenvalue weighted by atomic mass is 16.1. The Bertz CT molecular complexity index is 319. The number of rotatable bonds is 1. The van der Waals surface area contributed by atoms with Gasteiger partial charge in [-0.1, -0.05) is 27.2 Å². The van der Waals surface area contributed by atoms with Crippen molar-refractivity contribution in [2.24, 2.45) is 34.5 Å². The molecule has 0 aromatic heterocycles. The maximum atomic E-state index is 11.5. The van der Waals surface area contributed by atoms with Gasteiger partial charge in [0.25, 0.3) is 0 Å². The van der Waals surface area contributed by atoms with Crippen molar-refractivity contribution in [1.82, 2.24) is 0 Å². The summed E-state index contributed by atoms with van der Waals surface area (Å²) in [5.41, 5.74) is 0.824. The van der Waals surface area contributed by atoms with E-state index in [0.29, 0.717) is 22.7 Å². The van der Waals surface area contributed by atoms with Gasteiger partial charge >= 0.3 is 0 Å². The lowest BCUT2D eigenvalue weighted by Crippen LogP contribution is -2.34. The number of hydrogen-bond donors (Lipinski definition) is 0. The molecule has 3 fully saturated rings. The monoisotopic (exact) mass is 220 g/mol. The Labute approximate surface area is 99.0 Å². The van der Waals surface area contributed by atoms with Crippen molar-refractivity contribution < 1.29 is 4.79 Å². The largest absolute Gasteiger partial charge is 0.303 e. The predicted octanol–water partition coefficient (Wildman–Crippen LogP) is 3.67. The van der Waals surface area contributed by atoms with E-state index in [2.05, 4.69) is 20.8 Å². The van der Waals surface area contributed by atoms with Gasteiger partial charge in [-0.2, -0.15) is 0 Å². The van der Waals surface area contributed by atoms with Gasteiger partial charge in [0.2, 0.25) is 0 Å². The molecular formula is C15H24O. The topological polar surface area (TPSA) is 17.1 Å². The van der Waals surface area contributed by atoms with Crippen LogP contribution in [0.4, 0.5) is 0 Å². The fourth-order valence-corrected chi connectivity index (χ4v) is 5.73. The van der Waals surface area contributed by atoms with Gasteiger partial charge in [0.15, 0.2) is 0 Å². The lowest BCUT2D eigenvalue weighted by atomic mass is 9.65. The van der Waals surface area contributed by atoms with Crippen LogP contribution in [0.25, 0.3) is 0 Å². The van der Waals surface area contributed by atoms with Gasteiger partial charge in [-0.3, -0.25) is 0 Å². The van der Waals surface area contributed by atoms with Crippen LogP contribution in [0.1, 0.15) is 52.9 Å². The molecule has 1 heteroatoms. The Balaban J connectivity index is 2.07. The molecule has 90 valence electrons.